The molecule has 3 N–H and O–H groups in total. The van der Waals surface area contributed by atoms with Crippen LogP contribution in [0.5, 0.6) is 5.75 Å². The molecule has 5 nitrogen and oxygen atoms in total. The van der Waals surface area contributed by atoms with Crippen molar-refractivity contribution in [3.8, 4) is 5.75 Å². The van der Waals surface area contributed by atoms with E-state index in [-0.39, 0.29) is 6.42 Å². The molecule has 0 aliphatic carbocycles. The zero-order chi connectivity index (χ0) is 17.0. The molecule has 5 heteroatoms. The molecule has 23 heavy (non-hydrogen) atoms. The average molecular weight is 313 g/mol. The molecule has 0 aromatic heterocycles. The molecule has 0 aliphatic heterocycles. The topological polar surface area (TPSA) is 89.6 Å². The van der Waals surface area contributed by atoms with Crippen LogP contribution in [-0.2, 0) is 16.0 Å². The second-order valence-corrected chi connectivity index (χ2v) is 5.48. The highest BCUT2D eigenvalue weighted by Crippen LogP contribution is 2.26. The second-order valence-electron chi connectivity index (χ2n) is 5.48. The maximum absolute atomic E-state index is 11.8. The van der Waals surface area contributed by atoms with E-state index in [4.69, 9.17) is 15.6 Å². The molecule has 0 radical (unpaired) electrons. The molecule has 0 saturated heterocycles. The van der Waals surface area contributed by atoms with E-state index in [1.54, 1.807) is 24.3 Å². The Morgan fingerprint density at radius 2 is 1.91 bits per heavy atom. The Hall–Kier alpha value is -2.82. The maximum Gasteiger partial charge on any atom is 0.307 e. The number of carboxylic acids is 1. The molecule has 0 aliphatic rings. The number of hydrogen-bond acceptors (Lipinski definition) is 3. The number of amides is 1. The van der Waals surface area contributed by atoms with Crippen LogP contribution < -0.4 is 10.5 Å². The van der Waals surface area contributed by atoms with Crippen LogP contribution in [0.25, 0.3) is 0 Å². The van der Waals surface area contributed by atoms with Gasteiger partial charge in [-0.05, 0) is 36.6 Å². The Bertz CT molecular complexity index is 740. The number of aryl methyl sites for hydroxylation is 2. The molecule has 2 rings (SSSR count). The van der Waals surface area contributed by atoms with Gasteiger partial charge >= 0.3 is 5.97 Å². The fraction of sp³-hybridized carbons (Fsp3) is 0.222. The lowest BCUT2D eigenvalue weighted by molar-refractivity contribution is -0.136. The molecule has 2 aromatic rings. The first-order valence-corrected chi connectivity index (χ1v) is 7.20. The van der Waals surface area contributed by atoms with E-state index in [9.17, 15) is 9.59 Å². The summed E-state index contributed by atoms with van der Waals surface area (Å²) in [5.74, 6) is -0.982. The highest BCUT2D eigenvalue weighted by atomic mass is 16.5. The lowest BCUT2D eigenvalue weighted by Crippen LogP contribution is -2.26. The van der Waals surface area contributed by atoms with Gasteiger partial charge in [-0.3, -0.25) is 9.59 Å². The standard InChI is InChI=1S/C18H19NO4/c1-11-6-7-12(2)15(8-11)23-17(18(19)22)14-5-3-4-13(9-14)10-16(20)21/h3-9,17H,10H2,1-2H3,(H2,19,22)(H,20,21). The van der Waals surface area contributed by atoms with E-state index in [0.717, 1.165) is 11.1 Å². The van der Waals surface area contributed by atoms with Crippen LogP contribution >= 0.6 is 0 Å². The van der Waals surface area contributed by atoms with Gasteiger partial charge in [0.1, 0.15) is 5.75 Å². The molecule has 1 atom stereocenters. The van der Waals surface area contributed by atoms with Crippen LogP contribution in [0.15, 0.2) is 42.5 Å². The first-order chi connectivity index (χ1) is 10.9. The van der Waals surface area contributed by atoms with E-state index in [1.165, 1.54) is 0 Å². The monoisotopic (exact) mass is 313 g/mol. The minimum atomic E-state index is -0.968. The Kier molecular flexibility index (Phi) is 5.01. The van der Waals surface area contributed by atoms with Crippen molar-refractivity contribution in [2.45, 2.75) is 26.4 Å². The second kappa shape index (κ2) is 6.96. The fourth-order valence-electron chi connectivity index (χ4n) is 2.29. The van der Waals surface area contributed by atoms with Gasteiger partial charge in [0.25, 0.3) is 5.91 Å². The van der Waals surface area contributed by atoms with Gasteiger partial charge in [0.15, 0.2) is 0 Å². The quantitative estimate of drug-likeness (QED) is 0.857. The normalized spacial score (nSPS) is 11.7. The maximum atomic E-state index is 11.8. The number of nitrogens with two attached hydrogens (primary N) is 1. The van der Waals surface area contributed by atoms with Crippen molar-refractivity contribution >= 4 is 11.9 Å². The average Bonchev–Trinajstić information content (AvgIpc) is 2.47. The molecule has 1 amide bonds. The summed E-state index contributed by atoms with van der Waals surface area (Å²) >= 11 is 0. The summed E-state index contributed by atoms with van der Waals surface area (Å²) in [6.45, 7) is 3.81. The number of primary amides is 1. The SMILES string of the molecule is Cc1ccc(C)c(OC(C(N)=O)c2cccc(CC(=O)O)c2)c1. The highest BCUT2D eigenvalue weighted by Gasteiger charge is 2.21. The molecule has 1 unspecified atom stereocenters. The molecule has 0 saturated carbocycles. The summed E-state index contributed by atoms with van der Waals surface area (Å²) in [5, 5.41) is 8.88. The minimum Gasteiger partial charge on any atom is -0.481 e. The van der Waals surface area contributed by atoms with Gasteiger partial charge in [-0.2, -0.15) is 0 Å². The number of ether oxygens (including phenoxy) is 1. The predicted octanol–water partition coefficient (Wildman–Crippen LogP) is 2.54. The Labute approximate surface area is 134 Å². The van der Waals surface area contributed by atoms with Crippen molar-refractivity contribution in [3.63, 3.8) is 0 Å². The number of benzene rings is 2. The van der Waals surface area contributed by atoms with Crippen molar-refractivity contribution < 1.29 is 19.4 Å². The lowest BCUT2D eigenvalue weighted by atomic mass is 10.0. The van der Waals surface area contributed by atoms with Gasteiger partial charge in [-0.1, -0.05) is 36.4 Å². The Morgan fingerprint density at radius 1 is 1.17 bits per heavy atom. The van der Waals surface area contributed by atoms with E-state index < -0.39 is 18.0 Å². The lowest BCUT2D eigenvalue weighted by Gasteiger charge is -2.19. The molecular formula is C18H19NO4. The van der Waals surface area contributed by atoms with Crippen molar-refractivity contribution in [1.29, 1.82) is 0 Å². The van der Waals surface area contributed by atoms with Crippen LogP contribution in [0.2, 0.25) is 0 Å². The van der Waals surface area contributed by atoms with Gasteiger partial charge in [0.05, 0.1) is 6.42 Å². The molecule has 0 spiro atoms. The summed E-state index contributed by atoms with van der Waals surface area (Å²) in [6, 6.07) is 12.4. The van der Waals surface area contributed by atoms with Crippen molar-refractivity contribution in [2.24, 2.45) is 5.73 Å². The number of carboxylic acid groups (broad SMARTS) is 1. The number of carbonyl (C=O) groups is 2. The minimum absolute atomic E-state index is 0.122. The van der Waals surface area contributed by atoms with Gasteiger partial charge in [-0.15, -0.1) is 0 Å². The number of carbonyl (C=O) groups excluding carboxylic acids is 1. The van der Waals surface area contributed by atoms with E-state index in [1.807, 2.05) is 32.0 Å². The largest absolute Gasteiger partial charge is 0.481 e. The van der Waals surface area contributed by atoms with Crippen molar-refractivity contribution in [2.75, 3.05) is 0 Å². The molecular weight excluding hydrogens is 294 g/mol. The number of hydrogen-bond donors (Lipinski definition) is 2. The third-order valence-electron chi connectivity index (χ3n) is 3.46. The predicted molar refractivity (Wildman–Crippen MR) is 86.3 cm³/mol. The van der Waals surface area contributed by atoms with Crippen LogP contribution in [-0.4, -0.2) is 17.0 Å². The van der Waals surface area contributed by atoms with E-state index >= 15 is 0 Å². The summed E-state index contributed by atoms with van der Waals surface area (Å²) in [4.78, 5) is 22.6. The molecule has 0 bridgehead atoms. The van der Waals surface area contributed by atoms with Crippen LogP contribution in [0, 0.1) is 13.8 Å². The zero-order valence-electron chi connectivity index (χ0n) is 13.1. The summed E-state index contributed by atoms with van der Waals surface area (Å²) in [7, 11) is 0. The zero-order valence-corrected chi connectivity index (χ0v) is 13.1. The van der Waals surface area contributed by atoms with E-state index in [2.05, 4.69) is 0 Å². The molecule has 120 valence electrons. The van der Waals surface area contributed by atoms with Crippen LogP contribution in [0.4, 0.5) is 0 Å². The molecule has 0 heterocycles. The summed E-state index contributed by atoms with van der Waals surface area (Å²) in [5.41, 5.74) is 8.50. The summed E-state index contributed by atoms with van der Waals surface area (Å²) in [6.07, 6.45) is -1.09. The third kappa shape index (κ3) is 4.32. The summed E-state index contributed by atoms with van der Waals surface area (Å²) < 4.78 is 5.81. The van der Waals surface area contributed by atoms with Crippen molar-refractivity contribution in [3.05, 3.63) is 64.7 Å². The highest BCUT2D eigenvalue weighted by molar-refractivity contribution is 5.81. The van der Waals surface area contributed by atoms with Gasteiger partial charge in [0.2, 0.25) is 6.10 Å². The van der Waals surface area contributed by atoms with Gasteiger partial charge in [-0.25, -0.2) is 0 Å². The fourth-order valence-corrected chi connectivity index (χ4v) is 2.29. The Morgan fingerprint density at radius 3 is 2.57 bits per heavy atom. The van der Waals surface area contributed by atoms with Gasteiger partial charge in [0, 0.05) is 5.56 Å². The number of rotatable bonds is 6. The Balaban J connectivity index is 2.33. The van der Waals surface area contributed by atoms with Crippen LogP contribution in [0.3, 0.4) is 0 Å². The van der Waals surface area contributed by atoms with Crippen LogP contribution in [0.1, 0.15) is 28.4 Å². The van der Waals surface area contributed by atoms with E-state index in [0.29, 0.717) is 16.9 Å². The molecule has 2 aromatic carbocycles. The van der Waals surface area contributed by atoms with Crippen molar-refractivity contribution in [1.82, 2.24) is 0 Å². The number of aliphatic carboxylic acids is 1. The first-order valence-electron chi connectivity index (χ1n) is 7.20. The van der Waals surface area contributed by atoms with Gasteiger partial charge < -0.3 is 15.6 Å². The smallest absolute Gasteiger partial charge is 0.307 e. The third-order valence-corrected chi connectivity index (χ3v) is 3.46. The molecule has 0 fully saturated rings. The first kappa shape index (κ1) is 16.5.